The summed E-state index contributed by atoms with van der Waals surface area (Å²) in [7, 11) is 0. The first-order chi connectivity index (χ1) is 4.93. The third-order valence-corrected chi connectivity index (χ3v) is 1.77. The van der Waals surface area contributed by atoms with Gasteiger partial charge in [-0.1, -0.05) is 25.9 Å². The summed E-state index contributed by atoms with van der Waals surface area (Å²) < 4.78 is 18.0. The van der Waals surface area contributed by atoms with E-state index in [4.69, 9.17) is 4.52 Å². The fraction of sp³-hybridized carbons (Fsp3) is 0.571. The summed E-state index contributed by atoms with van der Waals surface area (Å²) in [6.45, 7) is 5.59. The van der Waals surface area contributed by atoms with Crippen molar-refractivity contribution < 1.29 is 8.91 Å². The maximum absolute atomic E-state index is 13.1. The van der Waals surface area contributed by atoms with Crippen molar-refractivity contribution in [2.75, 3.05) is 0 Å². The average molecular weight is 222 g/mol. The fourth-order valence-corrected chi connectivity index (χ4v) is 0.978. The summed E-state index contributed by atoms with van der Waals surface area (Å²) >= 11 is 2.93. The first-order valence-electron chi connectivity index (χ1n) is 3.24. The molecule has 0 fully saturated rings. The molecule has 0 N–H and O–H groups in total. The molecule has 62 valence electrons. The van der Waals surface area contributed by atoms with Gasteiger partial charge >= 0.3 is 0 Å². The quantitative estimate of drug-likeness (QED) is 0.674. The van der Waals surface area contributed by atoms with E-state index in [0.29, 0.717) is 0 Å². The summed E-state index contributed by atoms with van der Waals surface area (Å²) in [4.78, 5) is 0. The molecule has 4 heteroatoms. The van der Waals surface area contributed by atoms with Gasteiger partial charge in [0.15, 0.2) is 10.4 Å². The molecule has 1 rings (SSSR count). The van der Waals surface area contributed by atoms with Crippen LogP contribution in [0.15, 0.2) is 9.13 Å². The Labute approximate surface area is 72.9 Å². The number of hydrogen-bond acceptors (Lipinski definition) is 2. The second-order valence-corrected chi connectivity index (χ2v) is 4.12. The van der Waals surface area contributed by atoms with Gasteiger partial charge in [-0.25, -0.2) is 0 Å². The van der Waals surface area contributed by atoms with E-state index in [0.717, 1.165) is 0 Å². The van der Waals surface area contributed by atoms with Crippen molar-refractivity contribution in [1.82, 2.24) is 5.16 Å². The lowest BCUT2D eigenvalue weighted by molar-refractivity contribution is 0.316. The van der Waals surface area contributed by atoms with E-state index in [2.05, 4.69) is 21.1 Å². The lowest BCUT2D eigenvalue weighted by atomic mass is 9.93. The number of aromatic nitrogens is 1. The van der Waals surface area contributed by atoms with Crippen molar-refractivity contribution in [3.8, 4) is 0 Å². The Morgan fingerprint density at radius 1 is 1.45 bits per heavy atom. The maximum Gasteiger partial charge on any atom is 0.200 e. The number of hydrogen-bond donors (Lipinski definition) is 0. The molecule has 0 bridgehead atoms. The third kappa shape index (κ3) is 1.61. The highest BCUT2D eigenvalue weighted by atomic mass is 79.9. The molecule has 0 saturated heterocycles. The highest BCUT2D eigenvalue weighted by Gasteiger charge is 2.25. The molecule has 1 aromatic rings. The van der Waals surface area contributed by atoms with Gasteiger partial charge in [0.1, 0.15) is 0 Å². The zero-order valence-corrected chi connectivity index (χ0v) is 8.20. The largest absolute Gasteiger partial charge is 0.356 e. The van der Waals surface area contributed by atoms with Crippen LogP contribution in [0.4, 0.5) is 4.39 Å². The number of halogens is 2. The molecule has 0 atom stereocenters. The predicted molar refractivity (Wildman–Crippen MR) is 42.9 cm³/mol. The van der Waals surface area contributed by atoms with Gasteiger partial charge < -0.3 is 4.52 Å². The SMILES string of the molecule is CC(C)(C)c1onc(Br)c1F. The Kier molecular flexibility index (Phi) is 2.05. The van der Waals surface area contributed by atoms with Crippen molar-refractivity contribution >= 4 is 15.9 Å². The molecule has 1 aromatic heterocycles. The van der Waals surface area contributed by atoms with Crippen molar-refractivity contribution in [2.45, 2.75) is 26.2 Å². The lowest BCUT2D eigenvalue weighted by Gasteiger charge is -2.12. The normalized spacial score (nSPS) is 12.1. The van der Waals surface area contributed by atoms with E-state index in [1.807, 2.05) is 20.8 Å². The lowest BCUT2D eigenvalue weighted by Crippen LogP contribution is -2.11. The van der Waals surface area contributed by atoms with Crippen LogP contribution in [0.5, 0.6) is 0 Å². The van der Waals surface area contributed by atoms with Gasteiger partial charge in [-0.3, -0.25) is 0 Å². The van der Waals surface area contributed by atoms with Gasteiger partial charge in [0.25, 0.3) is 0 Å². The summed E-state index contributed by atoms with van der Waals surface area (Å²) in [5.41, 5.74) is -0.330. The van der Waals surface area contributed by atoms with Crippen LogP contribution < -0.4 is 0 Å². The zero-order chi connectivity index (χ0) is 8.65. The highest BCUT2D eigenvalue weighted by Crippen LogP contribution is 2.28. The zero-order valence-electron chi connectivity index (χ0n) is 6.61. The molecule has 0 aliphatic rings. The van der Waals surface area contributed by atoms with Crippen LogP contribution in [-0.2, 0) is 5.41 Å². The van der Waals surface area contributed by atoms with Crippen LogP contribution in [0, 0.1) is 5.82 Å². The minimum absolute atomic E-state index is 0.141. The van der Waals surface area contributed by atoms with E-state index in [-0.39, 0.29) is 15.8 Å². The summed E-state index contributed by atoms with van der Waals surface area (Å²) in [5, 5.41) is 3.45. The molecule has 0 saturated carbocycles. The van der Waals surface area contributed by atoms with Crippen LogP contribution >= 0.6 is 15.9 Å². The summed E-state index contributed by atoms with van der Waals surface area (Å²) in [6.07, 6.45) is 0. The predicted octanol–water partition coefficient (Wildman–Crippen LogP) is 2.87. The van der Waals surface area contributed by atoms with E-state index in [1.54, 1.807) is 0 Å². The molecule has 0 aliphatic heterocycles. The van der Waals surface area contributed by atoms with Gasteiger partial charge in [0, 0.05) is 5.41 Å². The second-order valence-electron chi connectivity index (χ2n) is 3.37. The van der Waals surface area contributed by atoms with Crippen molar-refractivity contribution in [1.29, 1.82) is 0 Å². The number of rotatable bonds is 0. The molecular weight excluding hydrogens is 213 g/mol. The van der Waals surface area contributed by atoms with E-state index >= 15 is 0 Å². The van der Waals surface area contributed by atoms with Crippen LogP contribution in [0.2, 0.25) is 0 Å². The highest BCUT2D eigenvalue weighted by molar-refractivity contribution is 9.10. The molecular formula is C7H9BrFNO. The summed E-state index contributed by atoms with van der Waals surface area (Å²) in [6, 6.07) is 0. The van der Waals surface area contributed by atoms with Crippen LogP contribution in [-0.4, -0.2) is 5.16 Å². The van der Waals surface area contributed by atoms with Gasteiger partial charge in [-0.2, -0.15) is 4.39 Å². The van der Waals surface area contributed by atoms with Gasteiger partial charge in [0.05, 0.1) is 0 Å². The second kappa shape index (κ2) is 2.59. The van der Waals surface area contributed by atoms with Crippen molar-refractivity contribution in [2.24, 2.45) is 0 Å². The van der Waals surface area contributed by atoms with E-state index < -0.39 is 5.82 Å². The Bertz CT molecular complexity index is 264. The Morgan fingerprint density at radius 2 is 2.00 bits per heavy atom. The van der Waals surface area contributed by atoms with Crippen LogP contribution in [0.25, 0.3) is 0 Å². The average Bonchev–Trinajstić information content (AvgIpc) is 2.11. The topological polar surface area (TPSA) is 26.0 Å². The van der Waals surface area contributed by atoms with Crippen LogP contribution in [0.3, 0.4) is 0 Å². The Morgan fingerprint density at radius 3 is 2.18 bits per heavy atom. The van der Waals surface area contributed by atoms with Gasteiger partial charge in [0.2, 0.25) is 5.82 Å². The molecule has 0 amide bonds. The first-order valence-corrected chi connectivity index (χ1v) is 4.03. The summed E-state index contributed by atoms with van der Waals surface area (Å²) in [5.74, 6) is -0.123. The molecule has 2 nitrogen and oxygen atoms in total. The Balaban J connectivity index is 3.15. The fourth-order valence-electron chi connectivity index (χ4n) is 0.726. The molecule has 0 radical (unpaired) electrons. The van der Waals surface area contributed by atoms with E-state index in [9.17, 15) is 4.39 Å². The smallest absolute Gasteiger partial charge is 0.200 e. The standard InChI is InChI=1S/C7H9BrFNO/c1-7(2,3)5-4(9)6(8)10-11-5/h1-3H3. The monoisotopic (exact) mass is 221 g/mol. The van der Waals surface area contributed by atoms with Gasteiger partial charge in [-0.15, -0.1) is 0 Å². The molecule has 11 heavy (non-hydrogen) atoms. The number of nitrogens with zero attached hydrogens (tertiary/aromatic N) is 1. The molecule has 0 aromatic carbocycles. The molecule has 0 spiro atoms. The van der Waals surface area contributed by atoms with Crippen LogP contribution in [0.1, 0.15) is 26.5 Å². The van der Waals surface area contributed by atoms with Crippen molar-refractivity contribution in [3.63, 3.8) is 0 Å². The minimum atomic E-state index is -0.405. The molecule has 0 unspecified atom stereocenters. The van der Waals surface area contributed by atoms with E-state index in [1.165, 1.54) is 0 Å². The molecule has 0 aliphatic carbocycles. The Hall–Kier alpha value is -0.380. The third-order valence-electron chi connectivity index (χ3n) is 1.28. The first kappa shape index (κ1) is 8.71. The minimum Gasteiger partial charge on any atom is -0.356 e. The van der Waals surface area contributed by atoms with Crippen molar-refractivity contribution in [3.05, 3.63) is 16.2 Å². The van der Waals surface area contributed by atoms with Gasteiger partial charge in [-0.05, 0) is 15.9 Å². The molecule has 1 heterocycles. The maximum atomic E-state index is 13.1.